The highest BCUT2D eigenvalue weighted by atomic mass is 16.5. The van der Waals surface area contributed by atoms with Gasteiger partial charge in [0.1, 0.15) is 17.0 Å². The summed E-state index contributed by atoms with van der Waals surface area (Å²) < 4.78 is 8.07. The second-order valence-electron chi connectivity index (χ2n) is 6.87. The predicted molar refractivity (Wildman–Crippen MR) is 111 cm³/mol. The van der Waals surface area contributed by atoms with Gasteiger partial charge in [-0.25, -0.2) is 0 Å². The van der Waals surface area contributed by atoms with Crippen molar-refractivity contribution in [2.45, 2.75) is 19.8 Å². The van der Waals surface area contributed by atoms with E-state index in [9.17, 15) is 9.59 Å². The van der Waals surface area contributed by atoms with Gasteiger partial charge in [-0.2, -0.15) is 19.9 Å². The number of fused-ring (bicyclic) bond motifs is 1. The molecule has 0 spiro atoms. The summed E-state index contributed by atoms with van der Waals surface area (Å²) in [6, 6.07) is 9.31. The quantitative estimate of drug-likeness (QED) is 0.502. The number of hydrogen-bond acceptors (Lipinski definition) is 6. The van der Waals surface area contributed by atoms with Crippen molar-refractivity contribution in [3.63, 3.8) is 0 Å². The number of benzene rings is 1. The van der Waals surface area contributed by atoms with Crippen LogP contribution in [-0.2, 0) is 18.3 Å². The van der Waals surface area contributed by atoms with Gasteiger partial charge in [-0.3, -0.25) is 19.3 Å². The van der Waals surface area contributed by atoms with Gasteiger partial charge in [0.25, 0.3) is 5.56 Å². The number of H-pyrrole nitrogens is 1. The molecule has 0 unspecified atom stereocenters. The zero-order chi connectivity index (χ0) is 21.3. The fraction of sp³-hybridized carbons (Fsp3) is 0.250. The smallest absolute Gasteiger partial charge is 0.263 e. The molecular formula is C20H21N7O3. The van der Waals surface area contributed by atoms with E-state index >= 15 is 0 Å². The number of aromatic nitrogens is 6. The standard InChI is InChI=1S/C20H21N7O3/c1-12-10-16(22-17(28)9-6-13-4-7-14(30-3)8-5-13)27(25-12)20-23-18-15(19(29)24-20)11-21-26(18)2/h4-5,7-8,10-11H,6,9H2,1-3H3,(H,22,28)(H,23,24,29). The number of methoxy groups -OCH3 is 1. The fourth-order valence-electron chi connectivity index (χ4n) is 3.13. The molecule has 0 saturated carbocycles. The van der Waals surface area contributed by atoms with Crippen molar-refractivity contribution in [1.82, 2.24) is 29.5 Å². The SMILES string of the molecule is COc1ccc(CCC(=O)Nc2cc(C)nn2-c2nc3c(cnn3C)c(=O)[nH]2)cc1. The molecular weight excluding hydrogens is 386 g/mol. The second-order valence-corrected chi connectivity index (χ2v) is 6.87. The Bertz CT molecular complexity index is 1270. The Morgan fingerprint density at radius 2 is 2.03 bits per heavy atom. The molecule has 10 nitrogen and oxygen atoms in total. The van der Waals surface area contributed by atoms with E-state index in [2.05, 4.69) is 25.5 Å². The largest absolute Gasteiger partial charge is 0.497 e. The number of rotatable bonds is 6. The van der Waals surface area contributed by atoms with Crippen molar-refractivity contribution >= 4 is 22.8 Å². The maximum atomic E-state index is 12.5. The summed E-state index contributed by atoms with van der Waals surface area (Å²) in [7, 11) is 3.32. The van der Waals surface area contributed by atoms with Gasteiger partial charge in [0, 0.05) is 19.5 Å². The van der Waals surface area contributed by atoms with E-state index in [4.69, 9.17) is 4.74 Å². The first-order valence-corrected chi connectivity index (χ1v) is 9.36. The minimum Gasteiger partial charge on any atom is -0.497 e. The number of hydrogen-bond donors (Lipinski definition) is 2. The van der Waals surface area contributed by atoms with Crippen LogP contribution in [0, 0.1) is 6.92 Å². The van der Waals surface area contributed by atoms with Crippen LogP contribution >= 0.6 is 0 Å². The lowest BCUT2D eigenvalue weighted by atomic mass is 10.1. The Hall–Kier alpha value is -3.95. The highest BCUT2D eigenvalue weighted by molar-refractivity contribution is 5.90. The molecule has 0 aliphatic heterocycles. The average Bonchev–Trinajstić information content (AvgIpc) is 3.29. The molecule has 4 rings (SSSR count). The molecule has 1 aromatic carbocycles. The van der Waals surface area contributed by atoms with Crippen molar-refractivity contribution in [2.24, 2.45) is 7.05 Å². The number of nitrogens with zero attached hydrogens (tertiary/aromatic N) is 5. The van der Waals surface area contributed by atoms with Crippen molar-refractivity contribution < 1.29 is 9.53 Å². The molecule has 0 aliphatic carbocycles. The van der Waals surface area contributed by atoms with Crippen molar-refractivity contribution in [3.8, 4) is 11.7 Å². The van der Waals surface area contributed by atoms with Gasteiger partial charge in [0.15, 0.2) is 5.65 Å². The van der Waals surface area contributed by atoms with Gasteiger partial charge in [0.05, 0.1) is 19.0 Å². The summed E-state index contributed by atoms with van der Waals surface area (Å²) >= 11 is 0. The van der Waals surface area contributed by atoms with Crippen molar-refractivity contribution in [1.29, 1.82) is 0 Å². The molecule has 0 aliphatic rings. The molecule has 3 aromatic heterocycles. The lowest BCUT2D eigenvalue weighted by Gasteiger charge is -2.08. The van der Waals surface area contributed by atoms with Gasteiger partial charge in [-0.1, -0.05) is 12.1 Å². The summed E-state index contributed by atoms with van der Waals surface area (Å²) in [5.74, 6) is 1.23. The van der Waals surface area contributed by atoms with Gasteiger partial charge in [-0.15, -0.1) is 0 Å². The molecule has 0 atom stereocenters. The van der Waals surface area contributed by atoms with Crippen LogP contribution in [0.2, 0.25) is 0 Å². The maximum absolute atomic E-state index is 12.5. The zero-order valence-electron chi connectivity index (χ0n) is 16.8. The molecule has 0 radical (unpaired) electrons. The minimum absolute atomic E-state index is 0.170. The lowest BCUT2D eigenvalue weighted by molar-refractivity contribution is -0.116. The highest BCUT2D eigenvalue weighted by Crippen LogP contribution is 2.17. The van der Waals surface area contributed by atoms with Crippen LogP contribution < -0.4 is 15.6 Å². The summed E-state index contributed by atoms with van der Waals surface area (Å²) in [4.78, 5) is 32.0. The highest BCUT2D eigenvalue weighted by Gasteiger charge is 2.15. The Kier molecular flexibility index (Phi) is 5.05. The van der Waals surface area contributed by atoms with Crippen molar-refractivity contribution in [2.75, 3.05) is 12.4 Å². The third-order valence-electron chi connectivity index (χ3n) is 4.69. The first kappa shape index (κ1) is 19.4. The van der Waals surface area contributed by atoms with Crippen molar-refractivity contribution in [3.05, 3.63) is 58.1 Å². The molecule has 1 amide bonds. The molecule has 30 heavy (non-hydrogen) atoms. The first-order valence-electron chi connectivity index (χ1n) is 9.36. The van der Waals surface area contributed by atoms with E-state index in [0.29, 0.717) is 35.4 Å². The lowest BCUT2D eigenvalue weighted by Crippen LogP contribution is -2.19. The summed E-state index contributed by atoms with van der Waals surface area (Å²) in [5.41, 5.74) is 1.81. The number of anilines is 1. The van der Waals surface area contributed by atoms with Crippen LogP contribution in [-0.4, -0.2) is 42.5 Å². The normalized spacial score (nSPS) is 11.0. The first-order chi connectivity index (χ1) is 14.4. The van der Waals surface area contributed by atoms with E-state index in [1.165, 1.54) is 15.6 Å². The molecule has 0 saturated heterocycles. The van der Waals surface area contributed by atoms with Crippen LogP contribution in [0.5, 0.6) is 5.75 Å². The van der Waals surface area contributed by atoms with Gasteiger partial charge in [-0.05, 0) is 31.0 Å². The number of carbonyl (C=O) groups is 1. The van der Waals surface area contributed by atoms with E-state index < -0.39 is 0 Å². The fourth-order valence-corrected chi connectivity index (χ4v) is 3.13. The summed E-state index contributed by atoms with van der Waals surface area (Å²) in [6.07, 6.45) is 2.33. The van der Waals surface area contributed by atoms with E-state index in [-0.39, 0.29) is 17.4 Å². The second kappa shape index (κ2) is 7.82. The van der Waals surface area contributed by atoms with Gasteiger partial charge < -0.3 is 10.1 Å². The Morgan fingerprint density at radius 3 is 2.77 bits per heavy atom. The molecule has 0 bridgehead atoms. The van der Waals surface area contributed by atoms with Crippen LogP contribution in [0.1, 0.15) is 17.7 Å². The maximum Gasteiger partial charge on any atom is 0.263 e. The van der Waals surface area contributed by atoms with Gasteiger partial charge >= 0.3 is 0 Å². The molecule has 3 heterocycles. The van der Waals surface area contributed by atoms with E-state index in [0.717, 1.165) is 11.3 Å². The number of carbonyl (C=O) groups excluding carboxylic acids is 1. The topological polar surface area (TPSA) is 120 Å². The van der Waals surface area contributed by atoms with Crippen LogP contribution in [0.15, 0.2) is 41.3 Å². The number of aryl methyl sites for hydroxylation is 3. The Balaban J connectivity index is 1.54. The number of ether oxygens (including phenoxy) is 1. The minimum atomic E-state index is -0.326. The number of nitrogens with one attached hydrogen (secondary N) is 2. The monoisotopic (exact) mass is 407 g/mol. The molecule has 2 N–H and O–H groups in total. The van der Waals surface area contributed by atoms with E-state index in [1.807, 2.05) is 24.3 Å². The molecule has 0 fully saturated rings. The number of aromatic amines is 1. The third-order valence-corrected chi connectivity index (χ3v) is 4.69. The Morgan fingerprint density at radius 1 is 1.27 bits per heavy atom. The summed E-state index contributed by atoms with van der Waals surface area (Å²) in [5, 5.41) is 11.7. The average molecular weight is 407 g/mol. The van der Waals surface area contributed by atoms with E-state index in [1.54, 1.807) is 27.1 Å². The molecule has 4 aromatic rings. The molecule has 154 valence electrons. The van der Waals surface area contributed by atoms with Gasteiger partial charge in [0.2, 0.25) is 11.9 Å². The van der Waals surface area contributed by atoms with Crippen LogP contribution in [0.25, 0.3) is 17.0 Å². The van der Waals surface area contributed by atoms with Crippen LogP contribution in [0.4, 0.5) is 5.82 Å². The third kappa shape index (κ3) is 3.79. The predicted octanol–water partition coefficient (Wildman–Crippen LogP) is 1.73. The zero-order valence-corrected chi connectivity index (χ0v) is 16.8. The Labute approximate surface area is 171 Å². The summed E-state index contributed by atoms with van der Waals surface area (Å²) in [6.45, 7) is 1.80. The van der Waals surface area contributed by atoms with Crippen LogP contribution in [0.3, 0.4) is 0 Å². The molecule has 10 heteroatoms. The number of amides is 1.